The normalized spacial score (nSPS) is 19.8. The van der Waals surface area contributed by atoms with E-state index in [0.29, 0.717) is 38.8 Å². The van der Waals surface area contributed by atoms with Gasteiger partial charge >= 0.3 is 0 Å². The molecule has 1 aromatic rings. The molecule has 2 aliphatic rings. The van der Waals surface area contributed by atoms with Gasteiger partial charge < -0.3 is 15.7 Å². The van der Waals surface area contributed by atoms with Crippen LogP contribution in [0.2, 0.25) is 10.0 Å². The van der Waals surface area contributed by atoms with Gasteiger partial charge in [-0.25, -0.2) is 12.7 Å². The van der Waals surface area contributed by atoms with Gasteiger partial charge in [0.1, 0.15) is 5.75 Å². The Bertz CT molecular complexity index is 808. The van der Waals surface area contributed by atoms with Gasteiger partial charge in [0.15, 0.2) is 0 Å². The highest BCUT2D eigenvalue weighted by molar-refractivity contribution is 7.89. The summed E-state index contributed by atoms with van der Waals surface area (Å²) in [6.07, 6.45) is 2.30. The minimum Gasteiger partial charge on any atom is -0.506 e. The lowest BCUT2D eigenvalue weighted by atomic mass is 10.1. The van der Waals surface area contributed by atoms with Crippen molar-refractivity contribution in [1.29, 1.82) is 0 Å². The second kappa shape index (κ2) is 9.82. The van der Waals surface area contributed by atoms with E-state index >= 15 is 0 Å². The first-order valence-electron chi connectivity index (χ1n) is 8.97. The molecule has 3 N–H and O–H groups in total. The van der Waals surface area contributed by atoms with Crippen molar-refractivity contribution in [3.63, 3.8) is 0 Å². The maximum atomic E-state index is 12.8. The summed E-state index contributed by atoms with van der Waals surface area (Å²) in [5.41, 5.74) is 0.0113. The number of rotatable bonds is 4. The van der Waals surface area contributed by atoms with Gasteiger partial charge in [-0.3, -0.25) is 4.79 Å². The van der Waals surface area contributed by atoms with Gasteiger partial charge in [0, 0.05) is 24.2 Å². The van der Waals surface area contributed by atoms with Crippen LogP contribution in [-0.4, -0.2) is 61.2 Å². The van der Waals surface area contributed by atoms with Crippen LogP contribution >= 0.6 is 35.6 Å². The van der Waals surface area contributed by atoms with Crippen molar-refractivity contribution in [3.8, 4) is 5.75 Å². The minimum atomic E-state index is -3.30. The summed E-state index contributed by atoms with van der Waals surface area (Å²) in [4.78, 5) is 12.4. The number of benzene rings is 1. The van der Waals surface area contributed by atoms with Gasteiger partial charge in [-0.2, -0.15) is 0 Å². The van der Waals surface area contributed by atoms with Crippen molar-refractivity contribution in [2.24, 2.45) is 0 Å². The van der Waals surface area contributed by atoms with Crippen LogP contribution in [0, 0.1) is 0 Å². The number of phenols is 1. The number of nitrogens with zero attached hydrogens (tertiary/aromatic N) is 1. The highest BCUT2D eigenvalue weighted by Gasteiger charge is 2.35. The van der Waals surface area contributed by atoms with E-state index in [1.807, 2.05) is 0 Å². The predicted molar refractivity (Wildman–Crippen MR) is 112 cm³/mol. The molecule has 1 amide bonds. The smallest absolute Gasteiger partial charge is 0.255 e. The topological polar surface area (TPSA) is 98.7 Å². The van der Waals surface area contributed by atoms with Crippen LogP contribution in [0.5, 0.6) is 5.75 Å². The molecule has 11 heteroatoms. The summed E-state index contributed by atoms with van der Waals surface area (Å²) in [7, 11) is -3.30. The number of carbonyl (C=O) groups excluding carboxylic acids is 1. The molecule has 2 saturated heterocycles. The van der Waals surface area contributed by atoms with Gasteiger partial charge in [0.25, 0.3) is 5.91 Å². The van der Waals surface area contributed by atoms with Crippen LogP contribution in [0.15, 0.2) is 12.1 Å². The summed E-state index contributed by atoms with van der Waals surface area (Å²) < 4.78 is 27.1. The molecule has 0 saturated carbocycles. The molecule has 2 heterocycles. The Morgan fingerprint density at radius 3 is 2.36 bits per heavy atom. The fourth-order valence-corrected chi connectivity index (χ4v) is 6.03. The standard InChI is InChI=1S/C17H23Cl2N3O4S.ClH/c18-11-9-14(16(23)15(19)10-11)17(24)21-12-3-7-22(8-4-12)27(25,26)13-1-5-20-6-2-13;/h9-10,12-13,20,23H,1-8H2,(H,21,24);1H. The second-order valence-electron chi connectivity index (χ2n) is 6.92. The monoisotopic (exact) mass is 471 g/mol. The molecule has 1 aromatic carbocycles. The first-order chi connectivity index (χ1) is 12.8. The molecule has 7 nitrogen and oxygen atoms in total. The van der Waals surface area contributed by atoms with E-state index in [1.165, 1.54) is 12.1 Å². The molecular weight excluding hydrogens is 449 g/mol. The average Bonchev–Trinajstić information content (AvgIpc) is 2.65. The zero-order valence-electron chi connectivity index (χ0n) is 15.2. The van der Waals surface area contributed by atoms with E-state index in [1.54, 1.807) is 4.31 Å². The molecular formula is C17H24Cl3N3O4S. The largest absolute Gasteiger partial charge is 0.506 e. The van der Waals surface area contributed by atoms with E-state index in [-0.39, 0.29) is 45.1 Å². The Labute approximate surface area is 181 Å². The lowest BCUT2D eigenvalue weighted by molar-refractivity contribution is 0.0921. The zero-order chi connectivity index (χ0) is 19.6. The Kier molecular flexibility index (Phi) is 8.25. The van der Waals surface area contributed by atoms with E-state index in [2.05, 4.69) is 10.6 Å². The van der Waals surface area contributed by atoms with E-state index < -0.39 is 15.9 Å². The van der Waals surface area contributed by atoms with Gasteiger partial charge in [-0.15, -0.1) is 12.4 Å². The summed E-state index contributed by atoms with van der Waals surface area (Å²) in [6, 6.07) is 2.54. The van der Waals surface area contributed by atoms with Gasteiger partial charge in [-0.1, -0.05) is 23.2 Å². The minimum absolute atomic E-state index is 0. The Balaban J connectivity index is 0.00000280. The van der Waals surface area contributed by atoms with Crippen LogP contribution in [-0.2, 0) is 10.0 Å². The van der Waals surface area contributed by atoms with Crippen molar-refractivity contribution in [3.05, 3.63) is 27.7 Å². The molecule has 3 rings (SSSR count). The lowest BCUT2D eigenvalue weighted by Gasteiger charge is -2.35. The maximum absolute atomic E-state index is 12.8. The van der Waals surface area contributed by atoms with Gasteiger partial charge in [-0.05, 0) is 50.9 Å². The number of carbonyl (C=O) groups is 1. The number of amides is 1. The Morgan fingerprint density at radius 2 is 1.75 bits per heavy atom. The molecule has 0 bridgehead atoms. The highest BCUT2D eigenvalue weighted by Crippen LogP contribution is 2.31. The average molecular weight is 473 g/mol. The SMILES string of the molecule is Cl.O=C(NC1CCN(S(=O)(=O)C2CCNCC2)CC1)c1cc(Cl)cc(Cl)c1O. The summed E-state index contributed by atoms with van der Waals surface area (Å²) in [5.74, 6) is -0.791. The van der Waals surface area contributed by atoms with Crippen molar-refractivity contribution >= 4 is 51.5 Å². The predicted octanol–water partition coefficient (Wildman–Crippen LogP) is 2.40. The molecule has 2 fully saturated rings. The second-order valence-corrected chi connectivity index (χ2v) is 9.98. The fourth-order valence-electron chi connectivity index (χ4n) is 3.56. The van der Waals surface area contributed by atoms with Gasteiger partial charge in [0.05, 0.1) is 15.8 Å². The number of halogens is 3. The lowest BCUT2D eigenvalue weighted by Crippen LogP contribution is -2.50. The molecule has 0 radical (unpaired) electrons. The third-order valence-corrected chi connectivity index (χ3v) is 8.03. The third kappa shape index (κ3) is 5.23. The maximum Gasteiger partial charge on any atom is 0.255 e. The molecule has 2 aliphatic heterocycles. The molecule has 158 valence electrons. The van der Waals surface area contributed by atoms with Crippen LogP contribution in [0.1, 0.15) is 36.0 Å². The first kappa shape index (κ1) is 23.5. The van der Waals surface area contributed by atoms with E-state index in [9.17, 15) is 18.3 Å². The third-order valence-electron chi connectivity index (χ3n) is 5.13. The van der Waals surface area contributed by atoms with Crippen molar-refractivity contribution in [1.82, 2.24) is 14.9 Å². The zero-order valence-corrected chi connectivity index (χ0v) is 18.3. The van der Waals surface area contributed by atoms with Crippen molar-refractivity contribution in [2.45, 2.75) is 37.0 Å². The van der Waals surface area contributed by atoms with E-state index in [0.717, 1.165) is 13.1 Å². The number of hydrogen-bond donors (Lipinski definition) is 3. The number of phenolic OH excluding ortho intramolecular Hbond substituents is 1. The first-order valence-corrected chi connectivity index (χ1v) is 11.2. The van der Waals surface area contributed by atoms with Crippen LogP contribution in [0.4, 0.5) is 0 Å². The molecule has 0 spiro atoms. The molecule has 0 atom stereocenters. The number of aromatic hydroxyl groups is 1. The number of hydrogen-bond acceptors (Lipinski definition) is 5. The number of sulfonamides is 1. The summed E-state index contributed by atoms with van der Waals surface area (Å²) >= 11 is 11.8. The molecule has 0 aromatic heterocycles. The highest BCUT2D eigenvalue weighted by atomic mass is 35.5. The van der Waals surface area contributed by atoms with E-state index in [4.69, 9.17) is 23.2 Å². The Morgan fingerprint density at radius 1 is 1.14 bits per heavy atom. The summed E-state index contributed by atoms with van der Waals surface area (Å²) in [6.45, 7) is 2.20. The quantitative estimate of drug-likeness (QED) is 0.625. The van der Waals surface area contributed by atoms with Crippen LogP contribution in [0.3, 0.4) is 0 Å². The molecule has 0 unspecified atom stereocenters. The summed E-state index contributed by atoms with van der Waals surface area (Å²) in [5, 5.41) is 15.9. The number of nitrogens with one attached hydrogen (secondary N) is 2. The van der Waals surface area contributed by atoms with Crippen molar-refractivity contribution < 1.29 is 18.3 Å². The Hall–Kier alpha value is -0.770. The van der Waals surface area contributed by atoms with Crippen LogP contribution < -0.4 is 10.6 Å². The molecule has 28 heavy (non-hydrogen) atoms. The number of piperidine rings is 2. The molecule has 0 aliphatic carbocycles. The van der Waals surface area contributed by atoms with Crippen LogP contribution in [0.25, 0.3) is 0 Å². The fraction of sp³-hybridized carbons (Fsp3) is 0.588. The van der Waals surface area contributed by atoms with Crippen molar-refractivity contribution in [2.75, 3.05) is 26.2 Å². The van der Waals surface area contributed by atoms with Gasteiger partial charge in [0.2, 0.25) is 10.0 Å².